The molecule has 4 heteroatoms. The van der Waals surface area contributed by atoms with Crippen molar-refractivity contribution in [1.82, 2.24) is 5.43 Å². The van der Waals surface area contributed by atoms with Gasteiger partial charge in [-0.2, -0.15) is 5.10 Å². The Morgan fingerprint density at radius 2 is 1.96 bits per heavy atom. The first-order chi connectivity index (χ1) is 11.4. The van der Waals surface area contributed by atoms with Gasteiger partial charge in [-0.3, -0.25) is 4.79 Å². The zero-order chi connectivity index (χ0) is 17.3. The summed E-state index contributed by atoms with van der Waals surface area (Å²) in [5.74, 6) is 0.398. The van der Waals surface area contributed by atoms with Crippen LogP contribution in [0, 0.1) is 12.8 Å². The quantitative estimate of drug-likeness (QED) is 0.641. The molecule has 126 valence electrons. The fourth-order valence-electron chi connectivity index (χ4n) is 2.84. The fraction of sp³-hybridized carbons (Fsp3) is 0.400. The minimum Gasteiger partial charge on any atom is -0.273 e. The maximum Gasteiger partial charge on any atom is 0.243 e. The van der Waals surface area contributed by atoms with Crippen LogP contribution in [0.15, 0.2) is 40.8 Å². The first kappa shape index (κ1) is 16.9. The second kappa shape index (κ2) is 6.52. The van der Waals surface area contributed by atoms with Gasteiger partial charge in [0.05, 0.1) is 6.21 Å². The molecule has 1 aromatic heterocycles. The van der Waals surface area contributed by atoms with E-state index in [1.54, 1.807) is 17.6 Å². The smallest absolute Gasteiger partial charge is 0.243 e. The topological polar surface area (TPSA) is 41.5 Å². The van der Waals surface area contributed by atoms with Gasteiger partial charge in [-0.15, -0.1) is 11.3 Å². The molecule has 1 aliphatic rings. The molecule has 1 heterocycles. The van der Waals surface area contributed by atoms with Gasteiger partial charge in [-0.05, 0) is 52.8 Å². The molecule has 24 heavy (non-hydrogen) atoms. The van der Waals surface area contributed by atoms with Gasteiger partial charge in [-0.25, -0.2) is 5.43 Å². The Kier molecular flexibility index (Phi) is 4.59. The first-order valence-corrected chi connectivity index (χ1v) is 9.21. The van der Waals surface area contributed by atoms with E-state index < -0.39 is 0 Å². The zero-order valence-corrected chi connectivity index (χ0v) is 15.5. The molecular weight excluding hydrogens is 316 g/mol. The van der Waals surface area contributed by atoms with Crippen LogP contribution in [-0.2, 0) is 10.2 Å². The van der Waals surface area contributed by atoms with E-state index in [-0.39, 0.29) is 17.2 Å². The number of hydrogen-bond acceptors (Lipinski definition) is 3. The lowest BCUT2D eigenvalue weighted by Crippen LogP contribution is -2.20. The summed E-state index contributed by atoms with van der Waals surface area (Å²) in [4.78, 5) is 13.3. The Morgan fingerprint density at radius 1 is 1.25 bits per heavy atom. The zero-order valence-electron chi connectivity index (χ0n) is 14.7. The Bertz CT molecular complexity index is 753. The second-order valence-electron chi connectivity index (χ2n) is 7.52. The summed E-state index contributed by atoms with van der Waals surface area (Å²) < 4.78 is 0. The van der Waals surface area contributed by atoms with Gasteiger partial charge in [0.1, 0.15) is 0 Å². The molecule has 2 atom stereocenters. The van der Waals surface area contributed by atoms with Crippen LogP contribution < -0.4 is 5.43 Å². The van der Waals surface area contributed by atoms with Gasteiger partial charge in [-0.1, -0.05) is 45.0 Å². The predicted octanol–water partition coefficient (Wildman–Crippen LogP) is 4.61. The normalized spacial score (nSPS) is 20.3. The van der Waals surface area contributed by atoms with Crippen LogP contribution in [0.25, 0.3) is 0 Å². The minimum atomic E-state index is 0.0188. The van der Waals surface area contributed by atoms with Gasteiger partial charge in [0, 0.05) is 10.8 Å². The molecule has 3 nitrogen and oxygen atoms in total. The van der Waals surface area contributed by atoms with Gasteiger partial charge >= 0.3 is 0 Å². The first-order valence-electron chi connectivity index (χ1n) is 8.33. The fourth-order valence-corrected chi connectivity index (χ4v) is 3.62. The van der Waals surface area contributed by atoms with Crippen molar-refractivity contribution in [2.24, 2.45) is 11.0 Å². The molecule has 1 aromatic carbocycles. The SMILES string of the molecule is Cc1ccsc1/C=N\NC(=O)[C@H]1C[C@H]1c1ccc(C(C)(C)C)cc1. The number of nitrogens with zero attached hydrogens (tertiary/aromatic N) is 1. The average Bonchev–Trinajstić information content (AvgIpc) is 3.24. The predicted molar refractivity (Wildman–Crippen MR) is 101 cm³/mol. The highest BCUT2D eigenvalue weighted by Crippen LogP contribution is 2.47. The molecule has 0 unspecified atom stereocenters. The van der Waals surface area contributed by atoms with Crippen molar-refractivity contribution < 1.29 is 4.79 Å². The summed E-state index contributed by atoms with van der Waals surface area (Å²) in [5, 5.41) is 6.12. The van der Waals surface area contributed by atoms with E-state index in [4.69, 9.17) is 0 Å². The van der Waals surface area contributed by atoms with Crippen molar-refractivity contribution in [1.29, 1.82) is 0 Å². The van der Waals surface area contributed by atoms with E-state index in [0.29, 0.717) is 5.92 Å². The summed E-state index contributed by atoms with van der Waals surface area (Å²) in [5.41, 5.74) is 6.60. The number of nitrogens with one attached hydrogen (secondary N) is 1. The van der Waals surface area contributed by atoms with Crippen LogP contribution in [0.4, 0.5) is 0 Å². The molecule has 1 aliphatic carbocycles. The Hall–Kier alpha value is -1.94. The number of carbonyl (C=O) groups excluding carboxylic acids is 1. The van der Waals surface area contributed by atoms with E-state index in [1.807, 2.05) is 18.4 Å². The molecule has 0 radical (unpaired) electrons. The minimum absolute atomic E-state index is 0.0188. The van der Waals surface area contributed by atoms with E-state index in [1.165, 1.54) is 16.7 Å². The molecule has 1 saturated carbocycles. The largest absolute Gasteiger partial charge is 0.273 e. The highest BCUT2D eigenvalue weighted by atomic mass is 32.1. The summed E-state index contributed by atoms with van der Waals surface area (Å²) in [6.45, 7) is 8.67. The Morgan fingerprint density at radius 3 is 2.54 bits per heavy atom. The standard InChI is InChI=1S/C20H24N2OS/c1-13-9-10-24-18(13)12-21-22-19(23)17-11-16(17)14-5-7-15(8-6-14)20(2,3)4/h5-10,12,16-17H,11H2,1-4H3,(H,22,23)/b21-12-/t16-,17-/m0/s1. The number of hydrazone groups is 1. The van der Waals surface area contributed by atoms with Crippen LogP contribution in [0.1, 0.15) is 54.7 Å². The molecule has 0 saturated heterocycles. The maximum absolute atomic E-state index is 12.2. The van der Waals surface area contributed by atoms with Crippen molar-refractivity contribution in [2.75, 3.05) is 0 Å². The van der Waals surface area contributed by atoms with Crippen LogP contribution in [0.2, 0.25) is 0 Å². The molecule has 1 fully saturated rings. The third kappa shape index (κ3) is 3.75. The number of carbonyl (C=O) groups is 1. The lowest BCUT2D eigenvalue weighted by molar-refractivity contribution is -0.122. The monoisotopic (exact) mass is 340 g/mol. The van der Waals surface area contributed by atoms with E-state index >= 15 is 0 Å². The van der Waals surface area contributed by atoms with Crippen LogP contribution in [-0.4, -0.2) is 12.1 Å². The van der Waals surface area contributed by atoms with E-state index in [0.717, 1.165) is 11.3 Å². The van der Waals surface area contributed by atoms with E-state index in [2.05, 4.69) is 55.6 Å². The van der Waals surface area contributed by atoms with Crippen LogP contribution in [0.3, 0.4) is 0 Å². The highest BCUT2D eigenvalue weighted by Gasteiger charge is 2.43. The number of thiophene rings is 1. The van der Waals surface area contributed by atoms with Crippen molar-refractivity contribution >= 4 is 23.5 Å². The third-order valence-electron chi connectivity index (χ3n) is 4.59. The van der Waals surface area contributed by atoms with Gasteiger partial charge in [0.15, 0.2) is 0 Å². The molecular formula is C20H24N2OS. The van der Waals surface area contributed by atoms with Gasteiger partial charge in [0.25, 0.3) is 0 Å². The lowest BCUT2D eigenvalue weighted by atomic mass is 9.86. The molecule has 0 bridgehead atoms. The van der Waals surface area contributed by atoms with Gasteiger partial charge < -0.3 is 0 Å². The molecule has 1 amide bonds. The Labute approximate surface area is 147 Å². The summed E-state index contributed by atoms with van der Waals surface area (Å²) in [7, 11) is 0. The highest BCUT2D eigenvalue weighted by molar-refractivity contribution is 7.11. The molecule has 3 rings (SSSR count). The van der Waals surface area contributed by atoms with Crippen molar-refractivity contribution in [2.45, 2.75) is 45.4 Å². The average molecular weight is 340 g/mol. The van der Waals surface area contributed by atoms with Crippen molar-refractivity contribution in [3.63, 3.8) is 0 Å². The summed E-state index contributed by atoms with van der Waals surface area (Å²) in [6, 6.07) is 10.7. The molecule has 0 spiro atoms. The Balaban J connectivity index is 1.56. The number of amides is 1. The summed E-state index contributed by atoms with van der Waals surface area (Å²) in [6.07, 6.45) is 2.64. The third-order valence-corrected chi connectivity index (χ3v) is 5.54. The van der Waals surface area contributed by atoms with Crippen molar-refractivity contribution in [3.8, 4) is 0 Å². The number of aryl methyl sites for hydroxylation is 1. The van der Waals surface area contributed by atoms with Gasteiger partial charge in [0.2, 0.25) is 5.91 Å². The number of rotatable bonds is 4. The van der Waals surface area contributed by atoms with E-state index in [9.17, 15) is 4.79 Å². The van der Waals surface area contributed by atoms with Crippen LogP contribution in [0.5, 0.6) is 0 Å². The molecule has 2 aromatic rings. The number of hydrogen-bond donors (Lipinski definition) is 1. The summed E-state index contributed by atoms with van der Waals surface area (Å²) >= 11 is 1.63. The van der Waals surface area contributed by atoms with Crippen LogP contribution >= 0.6 is 11.3 Å². The number of benzene rings is 1. The second-order valence-corrected chi connectivity index (χ2v) is 8.47. The lowest BCUT2D eigenvalue weighted by Gasteiger charge is -2.19. The van der Waals surface area contributed by atoms with Crippen molar-refractivity contribution in [3.05, 3.63) is 57.3 Å². The molecule has 1 N–H and O–H groups in total. The maximum atomic E-state index is 12.2. The molecule has 0 aliphatic heterocycles.